The first kappa shape index (κ1) is 16.9. The summed E-state index contributed by atoms with van der Waals surface area (Å²) < 4.78 is 1.21. The summed E-state index contributed by atoms with van der Waals surface area (Å²) in [6.07, 6.45) is 1.96. The number of para-hydroxylation sites is 1. The van der Waals surface area contributed by atoms with Crippen molar-refractivity contribution in [1.29, 1.82) is 0 Å². The van der Waals surface area contributed by atoms with Crippen molar-refractivity contribution in [2.45, 2.75) is 45.7 Å². The Morgan fingerprint density at radius 3 is 2.64 bits per heavy atom. The molecule has 2 rings (SSSR count). The summed E-state index contributed by atoms with van der Waals surface area (Å²) in [6, 6.07) is 8.68. The van der Waals surface area contributed by atoms with Crippen LogP contribution in [0.25, 0.3) is 10.2 Å². The van der Waals surface area contributed by atoms with Crippen LogP contribution in [0.5, 0.6) is 0 Å². The average molecular weight is 320 g/mol. The Labute approximate surface area is 136 Å². The number of quaternary nitrogens is 1. The van der Waals surface area contributed by atoms with E-state index in [1.807, 2.05) is 18.2 Å². The Morgan fingerprint density at radius 2 is 2.00 bits per heavy atom. The van der Waals surface area contributed by atoms with Crippen LogP contribution >= 0.6 is 11.3 Å². The SMILES string of the molecule is CCC(CC)NC(=O)C[NH+](C)[C@H](C)c1nc2ccccc2s1. The molecule has 0 spiro atoms. The maximum Gasteiger partial charge on any atom is 0.275 e. The van der Waals surface area contributed by atoms with Crippen molar-refractivity contribution in [1.82, 2.24) is 10.3 Å². The summed E-state index contributed by atoms with van der Waals surface area (Å²) in [5.41, 5.74) is 1.05. The molecule has 22 heavy (non-hydrogen) atoms. The number of carbonyl (C=O) groups excluding carboxylic acids is 1. The molecule has 1 amide bonds. The van der Waals surface area contributed by atoms with Crippen LogP contribution in [0.15, 0.2) is 24.3 Å². The van der Waals surface area contributed by atoms with E-state index in [0.717, 1.165) is 23.4 Å². The van der Waals surface area contributed by atoms with E-state index >= 15 is 0 Å². The molecule has 2 aromatic rings. The molecule has 2 atom stereocenters. The van der Waals surface area contributed by atoms with Crippen molar-refractivity contribution >= 4 is 27.5 Å². The van der Waals surface area contributed by atoms with Crippen molar-refractivity contribution in [2.24, 2.45) is 0 Å². The van der Waals surface area contributed by atoms with Gasteiger partial charge in [-0.15, -0.1) is 11.3 Å². The average Bonchev–Trinajstić information content (AvgIpc) is 2.95. The Morgan fingerprint density at radius 1 is 1.32 bits per heavy atom. The molecule has 0 aliphatic heterocycles. The molecule has 0 radical (unpaired) electrons. The zero-order chi connectivity index (χ0) is 16.1. The van der Waals surface area contributed by atoms with Crippen molar-refractivity contribution < 1.29 is 9.69 Å². The predicted octanol–water partition coefficient (Wildman–Crippen LogP) is 2.18. The lowest BCUT2D eigenvalue weighted by atomic mass is 10.2. The van der Waals surface area contributed by atoms with Crippen LogP contribution in [0.2, 0.25) is 0 Å². The van der Waals surface area contributed by atoms with Gasteiger partial charge in [0.2, 0.25) is 0 Å². The number of hydrogen-bond acceptors (Lipinski definition) is 3. The quantitative estimate of drug-likeness (QED) is 0.821. The van der Waals surface area contributed by atoms with Gasteiger partial charge in [0.1, 0.15) is 6.04 Å². The third-order valence-corrected chi connectivity index (χ3v) is 5.43. The highest BCUT2D eigenvalue weighted by Crippen LogP contribution is 2.24. The highest BCUT2D eigenvalue weighted by atomic mass is 32.1. The highest BCUT2D eigenvalue weighted by Gasteiger charge is 2.22. The Bertz CT molecular complexity index is 588. The van der Waals surface area contributed by atoms with Crippen molar-refractivity contribution in [3.05, 3.63) is 29.3 Å². The van der Waals surface area contributed by atoms with Crippen LogP contribution in [-0.4, -0.2) is 30.5 Å². The molecule has 1 heterocycles. The van der Waals surface area contributed by atoms with Crippen molar-refractivity contribution in [2.75, 3.05) is 13.6 Å². The Hall–Kier alpha value is -1.46. The molecule has 0 saturated carbocycles. The fraction of sp³-hybridized carbons (Fsp3) is 0.529. The van der Waals surface area contributed by atoms with Gasteiger partial charge in [-0.25, -0.2) is 4.98 Å². The summed E-state index contributed by atoms with van der Waals surface area (Å²) in [7, 11) is 2.06. The number of aromatic nitrogens is 1. The van der Waals surface area contributed by atoms with Crippen LogP contribution in [-0.2, 0) is 4.79 Å². The number of rotatable bonds is 7. The van der Waals surface area contributed by atoms with Crippen LogP contribution in [0, 0.1) is 0 Å². The fourth-order valence-electron chi connectivity index (χ4n) is 2.46. The summed E-state index contributed by atoms with van der Waals surface area (Å²) in [4.78, 5) is 18.0. The van der Waals surface area contributed by atoms with Gasteiger partial charge < -0.3 is 10.2 Å². The van der Waals surface area contributed by atoms with Crippen molar-refractivity contribution in [3.8, 4) is 0 Å². The maximum atomic E-state index is 12.1. The molecule has 0 bridgehead atoms. The summed E-state index contributed by atoms with van der Waals surface area (Å²) >= 11 is 1.72. The monoisotopic (exact) mass is 320 g/mol. The zero-order valence-electron chi connectivity index (χ0n) is 13.8. The van der Waals surface area contributed by atoms with Gasteiger partial charge in [0.25, 0.3) is 5.91 Å². The lowest BCUT2D eigenvalue weighted by Crippen LogP contribution is -3.10. The third kappa shape index (κ3) is 4.05. The number of hydrogen-bond donors (Lipinski definition) is 2. The minimum atomic E-state index is 0.124. The van der Waals surface area contributed by atoms with E-state index in [1.54, 1.807) is 11.3 Å². The standard InChI is InChI=1S/C17H25N3OS/c1-5-13(6-2)18-16(21)11-20(4)12(3)17-19-14-9-7-8-10-15(14)22-17/h7-10,12-13H,5-6,11H2,1-4H3,(H,18,21)/p+1/t12-/m1/s1. The second-order valence-electron chi connectivity index (χ2n) is 5.85. The molecule has 120 valence electrons. The molecule has 1 aromatic heterocycles. The second kappa shape index (κ2) is 7.70. The number of thiazole rings is 1. The molecule has 2 N–H and O–H groups in total. The number of amides is 1. The minimum absolute atomic E-state index is 0.124. The van der Waals surface area contributed by atoms with E-state index < -0.39 is 0 Å². The topological polar surface area (TPSA) is 46.4 Å². The van der Waals surface area contributed by atoms with E-state index in [9.17, 15) is 4.79 Å². The van der Waals surface area contributed by atoms with Crippen LogP contribution in [0.1, 0.15) is 44.7 Å². The molecule has 0 saturated heterocycles. The molecule has 5 heteroatoms. The van der Waals surface area contributed by atoms with Gasteiger partial charge in [0.15, 0.2) is 11.6 Å². The number of nitrogens with one attached hydrogen (secondary N) is 2. The number of likely N-dealkylation sites (N-methyl/N-ethyl adjacent to an activating group) is 1. The van der Waals surface area contributed by atoms with Gasteiger partial charge in [-0.2, -0.15) is 0 Å². The summed E-state index contributed by atoms with van der Waals surface area (Å²) in [5.74, 6) is 0.124. The predicted molar refractivity (Wildman–Crippen MR) is 92.3 cm³/mol. The van der Waals surface area contributed by atoms with Crippen LogP contribution in [0.3, 0.4) is 0 Å². The summed E-state index contributed by atoms with van der Waals surface area (Å²) in [5, 5.41) is 4.20. The fourth-order valence-corrected chi connectivity index (χ4v) is 3.58. The molecule has 1 unspecified atom stereocenters. The van der Waals surface area contributed by atoms with Crippen molar-refractivity contribution in [3.63, 3.8) is 0 Å². The summed E-state index contributed by atoms with van der Waals surface area (Å²) in [6.45, 7) is 6.83. The maximum absolute atomic E-state index is 12.1. The van der Waals surface area contributed by atoms with Gasteiger partial charge in [-0.05, 0) is 31.9 Å². The number of benzene rings is 1. The number of nitrogens with zero attached hydrogens (tertiary/aromatic N) is 1. The molecule has 4 nitrogen and oxygen atoms in total. The van der Waals surface area contributed by atoms with Gasteiger partial charge in [0, 0.05) is 6.04 Å². The first-order valence-corrected chi connectivity index (χ1v) is 8.83. The smallest absolute Gasteiger partial charge is 0.275 e. The minimum Gasteiger partial charge on any atom is -0.349 e. The number of fused-ring (bicyclic) bond motifs is 1. The molecule has 0 aliphatic rings. The van der Waals surface area contributed by atoms with Crippen LogP contribution in [0.4, 0.5) is 0 Å². The van der Waals surface area contributed by atoms with Gasteiger partial charge in [-0.3, -0.25) is 4.79 Å². The molecular formula is C17H26N3OS+. The van der Waals surface area contributed by atoms with Gasteiger partial charge >= 0.3 is 0 Å². The molecular weight excluding hydrogens is 294 g/mol. The first-order valence-electron chi connectivity index (χ1n) is 8.02. The molecule has 0 fully saturated rings. The third-order valence-electron chi connectivity index (χ3n) is 4.21. The van der Waals surface area contributed by atoms with E-state index in [0.29, 0.717) is 6.54 Å². The van der Waals surface area contributed by atoms with E-state index in [4.69, 9.17) is 4.98 Å². The van der Waals surface area contributed by atoms with E-state index in [2.05, 4.69) is 39.2 Å². The second-order valence-corrected chi connectivity index (χ2v) is 6.91. The van der Waals surface area contributed by atoms with E-state index in [1.165, 1.54) is 9.60 Å². The van der Waals surface area contributed by atoms with Gasteiger partial charge in [-0.1, -0.05) is 26.0 Å². The lowest BCUT2D eigenvalue weighted by molar-refractivity contribution is -0.902. The van der Waals surface area contributed by atoms with E-state index in [-0.39, 0.29) is 18.0 Å². The molecule has 0 aliphatic carbocycles. The van der Waals surface area contributed by atoms with Crippen LogP contribution < -0.4 is 10.2 Å². The van der Waals surface area contributed by atoms with Gasteiger partial charge in [0.05, 0.1) is 17.3 Å². The normalized spacial score (nSPS) is 14.2. The first-order chi connectivity index (χ1) is 10.5. The Kier molecular flexibility index (Phi) is 5.91. The Balaban J connectivity index is 1.99. The largest absolute Gasteiger partial charge is 0.349 e. The zero-order valence-corrected chi connectivity index (χ0v) is 14.7. The molecule has 1 aromatic carbocycles. The lowest BCUT2D eigenvalue weighted by Gasteiger charge is -2.21. The highest BCUT2D eigenvalue weighted by molar-refractivity contribution is 7.18. The number of carbonyl (C=O) groups is 1.